The van der Waals surface area contributed by atoms with Crippen LogP contribution in [0.4, 0.5) is 0 Å². The molecular formula is C14H18N2. The number of hydrogen-bond donors (Lipinski definition) is 1. The Balaban J connectivity index is 2.45. The molecule has 2 heteroatoms. The Hall–Kier alpha value is -1.28. The van der Waals surface area contributed by atoms with Crippen LogP contribution in [-0.2, 0) is 13.1 Å². The Morgan fingerprint density at radius 2 is 1.94 bits per heavy atom. The lowest BCUT2D eigenvalue weighted by atomic mass is 10.0. The van der Waals surface area contributed by atoms with Crippen molar-refractivity contribution in [3.63, 3.8) is 0 Å². The highest BCUT2D eigenvalue weighted by molar-refractivity contribution is 5.89. The Morgan fingerprint density at radius 1 is 1.12 bits per heavy atom. The number of fused-ring (bicyclic) bond motifs is 3. The molecule has 1 N–H and O–H groups in total. The van der Waals surface area contributed by atoms with Crippen molar-refractivity contribution in [2.75, 3.05) is 6.54 Å². The van der Waals surface area contributed by atoms with Crippen LogP contribution >= 0.6 is 0 Å². The molecule has 0 radical (unpaired) electrons. The first kappa shape index (κ1) is 9.91. The van der Waals surface area contributed by atoms with Crippen LogP contribution in [0, 0.1) is 20.8 Å². The summed E-state index contributed by atoms with van der Waals surface area (Å²) in [6.07, 6.45) is 0. The number of aryl methyl sites for hydroxylation is 3. The third kappa shape index (κ3) is 1.17. The molecule has 16 heavy (non-hydrogen) atoms. The van der Waals surface area contributed by atoms with E-state index in [0.29, 0.717) is 0 Å². The standard InChI is InChI=1S/C14H18N2/c1-9-4-5-12-11(3)13-8-15-6-7-16(13)14(12)10(9)2/h4-5,15H,6-8H2,1-3H3. The molecule has 84 valence electrons. The van der Waals surface area contributed by atoms with Crippen LogP contribution in [0.15, 0.2) is 12.1 Å². The maximum absolute atomic E-state index is 3.46. The minimum absolute atomic E-state index is 1.01. The lowest BCUT2D eigenvalue weighted by Crippen LogP contribution is -2.28. The van der Waals surface area contributed by atoms with Gasteiger partial charge in [0.2, 0.25) is 0 Å². The summed E-state index contributed by atoms with van der Waals surface area (Å²) < 4.78 is 2.50. The molecule has 0 atom stereocenters. The first-order valence-electron chi connectivity index (χ1n) is 5.98. The van der Waals surface area contributed by atoms with E-state index in [1.54, 1.807) is 0 Å². The fraction of sp³-hybridized carbons (Fsp3) is 0.429. The summed E-state index contributed by atoms with van der Waals surface area (Å²) >= 11 is 0. The summed E-state index contributed by atoms with van der Waals surface area (Å²) in [5.41, 5.74) is 7.20. The van der Waals surface area contributed by atoms with Crippen molar-refractivity contribution in [2.45, 2.75) is 33.9 Å². The van der Waals surface area contributed by atoms with E-state index in [9.17, 15) is 0 Å². The van der Waals surface area contributed by atoms with Gasteiger partial charge in [0.05, 0.1) is 5.52 Å². The van der Waals surface area contributed by atoms with Crippen molar-refractivity contribution >= 4 is 10.9 Å². The third-order valence-electron chi connectivity index (χ3n) is 3.94. The molecule has 2 aromatic rings. The van der Waals surface area contributed by atoms with Crippen molar-refractivity contribution in [3.8, 4) is 0 Å². The number of nitrogens with one attached hydrogen (secondary N) is 1. The van der Waals surface area contributed by atoms with E-state index in [2.05, 4.69) is 42.8 Å². The zero-order valence-corrected chi connectivity index (χ0v) is 10.2. The summed E-state index contributed by atoms with van der Waals surface area (Å²) in [4.78, 5) is 0. The Morgan fingerprint density at radius 3 is 2.75 bits per heavy atom. The molecule has 0 spiro atoms. The molecule has 0 aliphatic carbocycles. The molecule has 2 nitrogen and oxygen atoms in total. The summed E-state index contributed by atoms with van der Waals surface area (Å²) in [7, 11) is 0. The van der Waals surface area contributed by atoms with Gasteiger partial charge < -0.3 is 9.88 Å². The van der Waals surface area contributed by atoms with Crippen LogP contribution in [0.1, 0.15) is 22.4 Å². The van der Waals surface area contributed by atoms with Crippen molar-refractivity contribution < 1.29 is 0 Å². The molecule has 1 aromatic carbocycles. The van der Waals surface area contributed by atoms with Gasteiger partial charge in [-0.3, -0.25) is 0 Å². The zero-order chi connectivity index (χ0) is 11.3. The topological polar surface area (TPSA) is 17.0 Å². The number of benzene rings is 1. The van der Waals surface area contributed by atoms with E-state index >= 15 is 0 Å². The molecule has 3 rings (SSSR count). The first-order valence-corrected chi connectivity index (χ1v) is 5.98. The van der Waals surface area contributed by atoms with E-state index in [-0.39, 0.29) is 0 Å². The highest BCUT2D eigenvalue weighted by atomic mass is 15.1. The molecule has 0 bridgehead atoms. The smallest absolute Gasteiger partial charge is 0.0518 e. The summed E-state index contributed by atoms with van der Waals surface area (Å²) in [6, 6.07) is 4.52. The molecular weight excluding hydrogens is 196 g/mol. The van der Waals surface area contributed by atoms with Crippen LogP contribution in [0.3, 0.4) is 0 Å². The molecule has 0 saturated carbocycles. The highest BCUT2D eigenvalue weighted by Crippen LogP contribution is 2.30. The molecule has 0 unspecified atom stereocenters. The van der Waals surface area contributed by atoms with Crippen LogP contribution in [0.25, 0.3) is 10.9 Å². The number of rotatable bonds is 0. The van der Waals surface area contributed by atoms with Crippen molar-refractivity contribution in [2.24, 2.45) is 0 Å². The SMILES string of the molecule is Cc1ccc2c(C)c3n(c2c1C)CCNC3. The van der Waals surface area contributed by atoms with E-state index in [4.69, 9.17) is 0 Å². The lowest BCUT2D eigenvalue weighted by molar-refractivity contribution is 0.524. The van der Waals surface area contributed by atoms with Crippen LogP contribution < -0.4 is 5.32 Å². The minimum Gasteiger partial charge on any atom is -0.342 e. The van der Waals surface area contributed by atoms with Crippen LogP contribution in [0.5, 0.6) is 0 Å². The van der Waals surface area contributed by atoms with E-state index in [1.165, 1.54) is 33.3 Å². The summed E-state index contributed by atoms with van der Waals surface area (Å²) in [6.45, 7) is 9.89. The molecule has 0 amide bonds. The quantitative estimate of drug-likeness (QED) is 0.713. The normalized spacial score (nSPS) is 15.4. The van der Waals surface area contributed by atoms with Crippen LogP contribution in [0.2, 0.25) is 0 Å². The molecule has 0 saturated heterocycles. The minimum atomic E-state index is 1.01. The van der Waals surface area contributed by atoms with Crippen LogP contribution in [-0.4, -0.2) is 11.1 Å². The van der Waals surface area contributed by atoms with Gasteiger partial charge in [0.1, 0.15) is 0 Å². The zero-order valence-electron chi connectivity index (χ0n) is 10.2. The van der Waals surface area contributed by atoms with Crippen molar-refractivity contribution in [1.29, 1.82) is 0 Å². The van der Waals surface area contributed by atoms with Gasteiger partial charge in [0, 0.05) is 30.7 Å². The monoisotopic (exact) mass is 214 g/mol. The first-order chi connectivity index (χ1) is 7.70. The second-order valence-electron chi connectivity index (χ2n) is 4.80. The molecule has 1 aliphatic rings. The van der Waals surface area contributed by atoms with Gasteiger partial charge in [-0.1, -0.05) is 12.1 Å². The van der Waals surface area contributed by atoms with E-state index < -0.39 is 0 Å². The average molecular weight is 214 g/mol. The van der Waals surface area contributed by atoms with Gasteiger partial charge in [-0.15, -0.1) is 0 Å². The molecule has 2 heterocycles. The van der Waals surface area contributed by atoms with Gasteiger partial charge in [0.15, 0.2) is 0 Å². The van der Waals surface area contributed by atoms with Crippen molar-refractivity contribution in [3.05, 3.63) is 34.5 Å². The molecule has 0 fully saturated rings. The Bertz CT molecular complexity index is 564. The molecule has 1 aliphatic heterocycles. The number of nitrogens with zero attached hydrogens (tertiary/aromatic N) is 1. The Kier molecular flexibility index (Phi) is 2.08. The van der Waals surface area contributed by atoms with Gasteiger partial charge in [-0.2, -0.15) is 0 Å². The third-order valence-corrected chi connectivity index (χ3v) is 3.94. The predicted molar refractivity (Wildman–Crippen MR) is 67.9 cm³/mol. The fourth-order valence-electron chi connectivity index (χ4n) is 2.82. The van der Waals surface area contributed by atoms with Crippen molar-refractivity contribution in [1.82, 2.24) is 9.88 Å². The van der Waals surface area contributed by atoms with Gasteiger partial charge in [-0.05, 0) is 37.5 Å². The number of aromatic nitrogens is 1. The van der Waals surface area contributed by atoms with Gasteiger partial charge in [-0.25, -0.2) is 0 Å². The number of hydrogen-bond acceptors (Lipinski definition) is 1. The second kappa shape index (κ2) is 3.36. The molecule has 1 aromatic heterocycles. The van der Waals surface area contributed by atoms with Gasteiger partial charge in [0.25, 0.3) is 0 Å². The largest absolute Gasteiger partial charge is 0.342 e. The fourth-order valence-corrected chi connectivity index (χ4v) is 2.82. The lowest BCUT2D eigenvalue weighted by Gasteiger charge is -2.19. The average Bonchev–Trinajstić information content (AvgIpc) is 2.59. The van der Waals surface area contributed by atoms with E-state index in [0.717, 1.165) is 19.6 Å². The van der Waals surface area contributed by atoms with Gasteiger partial charge >= 0.3 is 0 Å². The maximum Gasteiger partial charge on any atom is 0.0518 e. The Labute approximate surface area is 96.3 Å². The predicted octanol–water partition coefficient (Wildman–Crippen LogP) is 2.67. The summed E-state index contributed by atoms with van der Waals surface area (Å²) in [5, 5.41) is 4.89. The second-order valence-corrected chi connectivity index (χ2v) is 4.80. The van der Waals surface area contributed by atoms with E-state index in [1.807, 2.05) is 0 Å². The highest BCUT2D eigenvalue weighted by Gasteiger charge is 2.18. The summed E-state index contributed by atoms with van der Waals surface area (Å²) in [5.74, 6) is 0. The maximum atomic E-state index is 3.46.